The molecule has 0 bridgehead atoms. The number of fused-ring (bicyclic) bond motifs is 4. The number of aliphatic hydroxyl groups excluding tert-OH is 1. The second-order valence-corrected chi connectivity index (χ2v) is 12.6. The van der Waals surface area contributed by atoms with Crippen LogP contribution >= 0.6 is 0 Å². The Morgan fingerprint density at radius 2 is 1.76 bits per heavy atom. The number of aliphatic hydroxyl groups is 1. The highest BCUT2D eigenvalue weighted by Gasteiger charge is 2.42. The molecule has 0 radical (unpaired) electrons. The summed E-state index contributed by atoms with van der Waals surface area (Å²) in [6.07, 6.45) is 5.44. The van der Waals surface area contributed by atoms with Crippen LogP contribution in [0.5, 0.6) is 0 Å². The van der Waals surface area contributed by atoms with Crippen LogP contribution in [0, 0.1) is 0 Å². The topological polar surface area (TPSA) is 26.5 Å². The third kappa shape index (κ3) is 2.89. The van der Waals surface area contributed by atoms with Gasteiger partial charge in [-0.2, -0.15) is 0 Å². The number of hydrogen-bond acceptors (Lipinski definition) is 2. The van der Waals surface area contributed by atoms with Gasteiger partial charge >= 0.3 is 0 Å². The molecule has 180 valence electrons. The molecule has 3 aliphatic heterocycles. The van der Waals surface area contributed by atoms with Gasteiger partial charge in [0.25, 0.3) is 0 Å². The van der Waals surface area contributed by atoms with E-state index >= 15 is 0 Å². The van der Waals surface area contributed by atoms with Gasteiger partial charge < -0.3 is 10.0 Å². The summed E-state index contributed by atoms with van der Waals surface area (Å²) >= 11 is 0. The zero-order valence-electron chi connectivity index (χ0n) is 22.2. The summed E-state index contributed by atoms with van der Waals surface area (Å²) in [5, 5.41) is 14.1. The van der Waals surface area contributed by atoms with Gasteiger partial charge in [-0.1, -0.05) is 20.8 Å². The Labute approximate surface area is 204 Å². The van der Waals surface area contributed by atoms with Crippen LogP contribution in [0.25, 0.3) is 5.57 Å². The van der Waals surface area contributed by atoms with Crippen LogP contribution in [0.4, 0.5) is 5.69 Å². The van der Waals surface area contributed by atoms with E-state index < -0.39 is 6.10 Å². The Morgan fingerprint density at radius 3 is 2.47 bits per heavy atom. The first kappa shape index (κ1) is 22.3. The lowest BCUT2D eigenvalue weighted by Crippen LogP contribution is -2.49. The minimum absolute atomic E-state index is 0.103. The fraction of sp³-hybridized carbons (Fsp3) is 0.581. The zero-order chi connectivity index (χ0) is 24.2. The SMILES string of the molecule is CC(O)C1=c2cc3c4c(c2C(C)(C)c2cc5c(cc21)C(C)CC(C)(C)N5C)CCC[N+]=4CCC3. The van der Waals surface area contributed by atoms with Crippen molar-refractivity contribution in [2.24, 2.45) is 0 Å². The predicted molar refractivity (Wildman–Crippen MR) is 142 cm³/mol. The first-order valence-corrected chi connectivity index (χ1v) is 13.4. The molecule has 2 unspecified atom stereocenters. The lowest BCUT2D eigenvalue weighted by molar-refractivity contribution is 0.252. The van der Waals surface area contributed by atoms with Crippen LogP contribution in [0.3, 0.4) is 0 Å². The number of anilines is 1. The third-order valence-electron chi connectivity index (χ3n) is 9.59. The number of rotatable bonds is 1. The Kier molecular flexibility index (Phi) is 4.73. The van der Waals surface area contributed by atoms with Crippen molar-refractivity contribution in [2.75, 3.05) is 25.0 Å². The lowest BCUT2D eigenvalue weighted by Gasteiger charge is -2.47. The van der Waals surface area contributed by atoms with E-state index in [1.807, 2.05) is 6.92 Å². The molecule has 0 spiro atoms. The Hall–Kier alpha value is -2.13. The van der Waals surface area contributed by atoms with Gasteiger partial charge in [-0.25, -0.2) is 4.58 Å². The largest absolute Gasteiger partial charge is 0.389 e. The monoisotopic (exact) mass is 457 g/mol. The molecule has 3 heteroatoms. The maximum atomic E-state index is 11.2. The first-order chi connectivity index (χ1) is 16.0. The quantitative estimate of drug-likeness (QED) is 0.655. The van der Waals surface area contributed by atoms with E-state index in [0.29, 0.717) is 5.92 Å². The summed E-state index contributed by atoms with van der Waals surface area (Å²) in [7, 11) is 2.26. The molecular weight excluding hydrogens is 416 g/mol. The van der Waals surface area contributed by atoms with Crippen LogP contribution in [-0.4, -0.2) is 36.9 Å². The normalized spacial score (nSPS) is 24.7. The number of hydrogen-bond donors (Lipinski definition) is 1. The van der Waals surface area contributed by atoms with Crippen molar-refractivity contribution in [1.82, 2.24) is 4.58 Å². The summed E-state index contributed by atoms with van der Waals surface area (Å²) in [4.78, 5) is 2.49. The van der Waals surface area contributed by atoms with Crippen molar-refractivity contribution in [3.05, 3.63) is 62.2 Å². The predicted octanol–water partition coefficient (Wildman–Crippen LogP) is 4.01. The molecule has 2 atom stereocenters. The standard InChI is InChI=1S/C31H41N2O/c1-18-17-30(3,4)32(7)26-16-25-23(15-22(18)26)27(19(2)34)24-14-20-10-8-12-33-13-9-11-21(29(20)33)28(24)31(25,5)6/h14-16,18-19,34H,8-13,17H2,1-7H3/q+1. The highest BCUT2D eigenvalue weighted by molar-refractivity contribution is 5.81. The molecule has 1 aliphatic carbocycles. The van der Waals surface area contributed by atoms with Gasteiger partial charge in [0.2, 0.25) is 5.36 Å². The molecule has 0 amide bonds. The van der Waals surface area contributed by atoms with E-state index in [1.165, 1.54) is 70.0 Å². The van der Waals surface area contributed by atoms with Crippen molar-refractivity contribution < 1.29 is 5.11 Å². The van der Waals surface area contributed by atoms with E-state index in [4.69, 9.17) is 0 Å². The van der Waals surface area contributed by atoms with Crippen LogP contribution in [0.2, 0.25) is 0 Å². The number of aryl methyl sites for hydroxylation is 1. The van der Waals surface area contributed by atoms with E-state index in [9.17, 15) is 5.11 Å². The molecule has 0 fully saturated rings. The van der Waals surface area contributed by atoms with Gasteiger partial charge in [0.05, 0.1) is 6.10 Å². The van der Waals surface area contributed by atoms with Crippen molar-refractivity contribution in [1.29, 1.82) is 0 Å². The van der Waals surface area contributed by atoms with Gasteiger partial charge in [0.1, 0.15) is 13.1 Å². The van der Waals surface area contributed by atoms with E-state index in [-0.39, 0.29) is 11.0 Å². The maximum Gasteiger partial charge on any atom is 0.206 e. The Morgan fingerprint density at radius 1 is 1.06 bits per heavy atom. The third-order valence-corrected chi connectivity index (χ3v) is 9.59. The number of nitrogens with zero attached hydrogens (tertiary/aromatic N) is 2. The first-order valence-electron chi connectivity index (χ1n) is 13.4. The van der Waals surface area contributed by atoms with Crippen molar-refractivity contribution in [3.8, 4) is 0 Å². The van der Waals surface area contributed by atoms with Gasteiger partial charge in [0, 0.05) is 47.7 Å². The minimum Gasteiger partial charge on any atom is -0.389 e. The molecular formula is C31H41N2O+. The van der Waals surface area contributed by atoms with Crippen LogP contribution in [-0.2, 0) is 18.3 Å². The minimum atomic E-state index is -0.492. The molecule has 1 N–H and O–H groups in total. The summed E-state index contributed by atoms with van der Waals surface area (Å²) in [6.45, 7) is 16.3. The fourth-order valence-electron chi connectivity index (χ4n) is 7.87. The molecule has 3 nitrogen and oxygen atoms in total. The second kappa shape index (κ2) is 7.20. The van der Waals surface area contributed by atoms with Crippen LogP contribution in [0.15, 0.2) is 18.2 Å². The zero-order valence-corrected chi connectivity index (χ0v) is 22.2. The van der Waals surface area contributed by atoms with Gasteiger partial charge in [-0.15, -0.1) is 0 Å². The van der Waals surface area contributed by atoms with Crippen molar-refractivity contribution in [3.63, 3.8) is 0 Å². The highest BCUT2D eigenvalue weighted by atomic mass is 16.3. The molecule has 34 heavy (non-hydrogen) atoms. The molecule has 0 aromatic heterocycles. The van der Waals surface area contributed by atoms with Crippen molar-refractivity contribution in [2.45, 2.75) is 96.6 Å². The van der Waals surface area contributed by atoms with E-state index in [1.54, 1.807) is 5.56 Å². The van der Waals surface area contributed by atoms with Gasteiger partial charge in [-0.05, 0) is 97.2 Å². The summed E-state index contributed by atoms with van der Waals surface area (Å²) < 4.78 is 2.65. The van der Waals surface area contributed by atoms with E-state index in [0.717, 1.165) is 24.8 Å². The van der Waals surface area contributed by atoms with Crippen LogP contribution in [0.1, 0.15) is 100 Å². The molecule has 3 heterocycles. The van der Waals surface area contributed by atoms with Crippen molar-refractivity contribution >= 4 is 11.3 Å². The van der Waals surface area contributed by atoms with Crippen LogP contribution < -0.4 is 20.1 Å². The average molecular weight is 458 g/mol. The molecule has 4 aliphatic rings. The summed E-state index contributed by atoms with van der Waals surface area (Å²) in [5.74, 6) is 0.504. The second-order valence-electron chi connectivity index (χ2n) is 12.6. The molecule has 6 rings (SSSR count). The fourth-order valence-corrected chi connectivity index (χ4v) is 7.87. The van der Waals surface area contributed by atoms with Gasteiger partial charge in [0.15, 0.2) is 0 Å². The van der Waals surface area contributed by atoms with Gasteiger partial charge in [-0.3, -0.25) is 0 Å². The smallest absolute Gasteiger partial charge is 0.206 e. The van der Waals surface area contributed by atoms with E-state index in [2.05, 4.69) is 69.3 Å². The Bertz CT molecular complexity index is 1340. The summed E-state index contributed by atoms with van der Waals surface area (Å²) in [5.41, 5.74) is 11.2. The number of benzene rings is 2. The molecule has 0 saturated carbocycles. The maximum absolute atomic E-state index is 11.2. The average Bonchev–Trinajstić information content (AvgIpc) is 2.76. The lowest BCUT2D eigenvalue weighted by atomic mass is 9.65. The summed E-state index contributed by atoms with van der Waals surface area (Å²) in [6, 6.07) is 7.40. The Balaban J connectivity index is 1.76. The highest BCUT2D eigenvalue weighted by Crippen LogP contribution is 2.48. The molecule has 0 saturated heterocycles. The molecule has 2 aromatic carbocycles. The molecule has 2 aromatic rings.